The number of nitrogens with one attached hydrogen (secondary N) is 1. The first-order valence-electron chi connectivity index (χ1n) is 11.4. The maximum Gasteiger partial charge on any atom is 0.343 e. The third kappa shape index (κ3) is 5.65. The summed E-state index contributed by atoms with van der Waals surface area (Å²) in [6.45, 7) is 4.49. The van der Waals surface area contributed by atoms with Gasteiger partial charge < -0.3 is 20.1 Å². The first kappa shape index (κ1) is 22.7. The van der Waals surface area contributed by atoms with Crippen molar-refractivity contribution in [1.82, 2.24) is 4.90 Å². The largest absolute Gasteiger partial charge is 0.507 e. The van der Waals surface area contributed by atoms with Crippen LogP contribution in [-0.4, -0.2) is 61.9 Å². The molecule has 1 atom stereocenters. The highest BCUT2D eigenvalue weighted by atomic mass is 16.5. The Bertz CT molecular complexity index is 1030. The highest BCUT2D eigenvalue weighted by Gasteiger charge is 2.25. The minimum Gasteiger partial charge on any atom is -0.507 e. The van der Waals surface area contributed by atoms with Gasteiger partial charge in [0.25, 0.3) is 0 Å². The number of hydrogen-bond donors (Lipinski definition) is 2. The SMILES string of the molecule is COC(=O)c1c(O)cccc1NCC(Cc1ccccc1)N1CCN(c2ccccc2)CC1. The molecule has 1 unspecified atom stereocenters. The molecule has 1 fully saturated rings. The monoisotopic (exact) mass is 445 g/mol. The number of piperazine rings is 1. The Labute approximate surface area is 195 Å². The molecule has 0 aliphatic carbocycles. The first-order chi connectivity index (χ1) is 16.2. The van der Waals surface area contributed by atoms with Gasteiger partial charge in [-0.1, -0.05) is 54.6 Å². The molecular formula is C27H31N3O3. The van der Waals surface area contributed by atoms with E-state index in [-0.39, 0.29) is 17.4 Å². The van der Waals surface area contributed by atoms with Crippen LogP contribution in [0.15, 0.2) is 78.9 Å². The third-order valence-corrected chi connectivity index (χ3v) is 6.23. The number of benzene rings is 3. The number of carbonyl (C=O) groups excluding carboxylic acids is 1. The Balaban J connectivity index is 1.48. The zero-order valence-electron chi connectivity index (χ0n) is 19.0. The van der Waals surface area contributed by atoms with Crippen molar-refractivity contribution in [3.63, 3.8) is 0 Å². The van der Waals surface area contributed by atoms with Gasteiger partial charge in [-0.05, 0) is 36.2 Å². The number of rotatable bonds is 8. The standard InChI is InChI=1S/C27H31N3O3/c1-33-27(32)26-24(13-8-14-25(26)31)28-20-23(19-21-9-4-2-5-10-21)30-17-15-29(16-18-30)22-11-6-3-7-12-22/h2-14,23,28,31H,15-20H2,1H3. The molecule has 0 saturated carbocycles. The molecule has 3 aromatic rings. The predicted octanol–water partition coefficient (Wildman–Crippen LogP) is 4.02. The van der Waals surface area contributed by atoms with Crippen LogP contribution in [0, 0.1) is 0 Å². The summed E-state index contributed by atoms with van der Waals surface area (Å²) in [7, 11) is 1.32. The van der Waals surface area contributed by atoms with E-state index in [1.54, 1.807) is 12.1 Å². The van der Waals surface area contributed by atoms with Crippen LogP contribution < -0.4 is 10.2 Å². The Hall–Kier alpha value is -3.51. The van der Waals surface area contributed by atoms with Gasteiger partial charge in [0.15, 0.2) is 0 Å². The summed E-state index contributed by atoms with van der Waals surface area (Å²) in [5.74, 6) is -0.630. The van der Waals surface area contributed by atoms with Crippen molar-refractivity contribution >= 4 is 17.3 Å². The number of para-hydroxylation sites is 1. The van der Waals surface area contributed by atoms with Crippen molar-refractivity contribution in [2.45, 2.75) is 12.5 Å². The molecule has 2 N–H and O–H groups in total. The topological polar surface area (TPSA) is 65.0 Å². The average Bonchev–Trinajstić information content (AvgIpc) is 2.87. The second-order valence-electron chi connectivity index (χ2n) is 8.27. The number of ether oxygens (including phenoxy) is 1. The highest BCUT2D eigenvalue weighted by molar-refractivity contribution is 5.98. The van der Waals surface area contributed by atoms with E-state index in [0.29, 0.717) is 12.2 Å². The maximum absolute atomic E-state index is 12.2. The van der Waals surface area contributed by atoms with Gasteiger partial charge in [0.1, 0.15) is 11.3 Å². The highest BCUT2D eigenvalue weighted by Crippen LogP contribution is 2.27. The number of phenols is 1. The Morgan fingerprint density at radius 3 is 2.27 bits per heavy atom. The van der Waals surface area contributed by atoms with Crippen molar-refractivity contribution < 1.29 is 14.6 Å². The molecule has 33 heavy (non-hydrogen) atoms. The number of anilines is 2. The van der Waals surface area contributed by atoms with Crippen LogP contribution in [0.3, 0.4) is 0 Å². The van der Waals surface area contributed by atoms with Crippen LogP contribution in [0.25, 0.3) is 0 Å². The summed E-state index contributed by atoms with van der Waals surface area (Å²) in [5, 5.41) is 13.6. The summed E-state index contributed by atoms with van der Waals surface area (Å²) in [6.07, 6.45) is 0.894. The summed E-state index contributed by atoms with van der Waals surface area (Å²) in [6, 6.07) is 26.3. The van der Waals surface area contributed by atoms with Crippen LogP contribution in [0.5, 0.6) is 5.75 Å². The molecule has 0 aromatic heterocycles. The Kier molecular flexibility index (Phi) is 7.47. The number of phenolic OH excluding ortho intramolecular Hbond substituents is 1. The molecule has 172 valence electrons. The van der Waals surface area contributed by atoms with Crippen LogP contribution in [0.4, 0.5) is 11.4 Å². The molecule has 0 spiro atoms. The Morgan fingerprint density at radius 2 is 1.61 bits per heavy atom. The summed E-state index contributed by atoms with van der Waals surface area (Å²) >= 11 is 0. The van der Waals surface area contributed by atoms with E-state index in [2.05, 4.69) is 63.6 Å². The molecule has 3 aromatic carbocycles. The second-order valence-corrected chi connectivity index (χ2v) is 8.27. The van der Waals surface area contributed by atoms with Crippen LogP contribution in [0.2, 0.25) is 0 Å². The predicted molar refractivity (Wildman–Crippen MR) is 132 cm³/mol. The van der Waals surface area contributed by atoms with E-state index < -0.39 is 5.97 Å². The molecular weight excluding hydrogens is 414 g/mol. The van der Waals surface area contributed by atoms with E-state index in [0.717, 1.165) is 32.6 Å². The molecule has 1 heterocycles. The van der Waals surface area contributed by atoms with Crippen molar-refractivity contribution in [2.24, 2.45) is 0 Å². The number of carbonyl (C=O) groups is 1. The maximum atomic E-state index is 12.2. The van der Waals surface area contributed by atoms with Gasteiger partial charge in [0.2, 0.25) is 0 Å². The minimum absolute atomic E-state index is 0.0806. The number of hydrogen-bond acceptors (Lipinski definition) is 6. The zero-order valence-corrected chi connectivity index (χ0v) is 19.0. The lowest BCUT2D eigenvalue weighted by Crippen LogP contribution is -2.53. The number of aromatic hydroxyl groups is 1. The summed E-state index contributed by atoms with van der Waals surface area (Å²) < 4.78 is 4.88. The Morgan fingerprint density at radius 1 is 0.939 bits per heavy atom. The van der Waals surface area contributed by atoms with E-state index in [1.807, 2.05) is 12.1 Å². The van der Waals surface area contributed by atoms with Crippen LogP contribution in [0.1, 0.15) is 15.9 Å². The number of nitrogens with zero attached hydrogens (tertiary/aromatic N) is 2. The van der Waals surface area contributed by atoms with Crippen LogP contribution in [-0.2, 0) is 11.2 Å². The quantitative estimate of drug-likeness (QED) is 0.511. The van der Waals surface area contributed by atoms with Gasteiger partial charge in [-0.3, -0.25) is 4.90 Å². The lowest BCUT2D eigenvalue weighted by Gasteiger charge is -2.40. The number of methoxy groups -OCH3 is 1. The lowest BCUT2D eigenvalue weighted by atomic mass is 10.0. The van der Waals surface area contributed by atoms with Gasteiger partial charge in [0.05, 0.1) is 12.8 Å². The summed E-state index contributed by atoms with van der Waals surface area (Å²) in [5.41, 5.74) is 3.30. The van der Waals surface area contributed by atoms with E-state index >= 15 is 0 Å². The van der Waals surface area contributed by atoms with Gasteiger partial charge in [-0.25, -0.2) is 4.79 Å². The molecule has 1 aliphatic rings. The van der Waals surface area contributed by atoms with E-state index in [4.69, 9.17) is 4.74 Å². The normalized spacial score (nSPS) is 15.1. The second kappa shape index (κ2) is 10.9. The fourth-order valence-corrected chi connectivity index (χ4v) is 4.43. The zero-order chi connectivity index (χ0) is 23.0. The van der Waals surface area contributed by atoms with Crippen molar-refractivity contribution in [1.29, 1.82) is 0 Å². The average molecular weight is 446 g/mol. The molecule has 1 aliphatic heterocycles. The van der Waals surface area contributed by atoms with Gasteiger partial charge >= 0.3 is 5.97 Å². The van der Waals surface area contributed by atoms with E-state index in [9.17, 15) is 9.90 Å². The van der Waals surface area contributed by atoms with Crippen molar-refractivity contribution in [2.75, 3.05) is 50.1 Å². The lowest BCUT2D eigenvalue weighted by molar-refractivity contribution is 0.0598. The van der Waals surface area contributed by atoms with Gasteiger partial charge in [-0.15, -0.1) is 0 Å². The molecule has 0 amide bonds. The molecule has 0 radical (unpaired) electrons. The van der Waals surface area contributed by atoms with Crippen LogP contribution >= 0.6 is 0 Å². The minimum atomic E-state index is -0.549. The third-order valence-electron chi connectivity index (χ3n) is 6.23. The molecule has 1 saturated heterocycles. The van der Waals surface area contributed by atoms with E-state index in [1.165, 1.54) is 24.4 Å². The fraction of sp³-hybridized carbons (Fsp3) is 0.296. The van der Waals surface area contributed by atoms with Gasteiger partial charge in [0, 0.05) is 44.5 Å². The molecule has 6 nitrogen and oxygen atoms in total. The fourth-order valence-electron chi connectivity index (χ4n) is 4.43. The molecule has 0 bridgehead atoms. The first-order valence-corrected chi connectivity index (χ1v) is 11.4. The smallest absolute Gasteiger partial charge is 0.343 e. The summed E-state index contributed by atoms with van der Waals surface area (Å²) in [4.78, 5) is 17.2. The van der Waals surface area contributed by atoms with Crippen molar-refractivity contribution in [3.8, 4) is 5.75 Å². The molecule has 4 rings (SSSR count). The number of esters is 1. The molecule has 6 heteroatoms. The van der Waals surface area contributed by atoms with Crippen molar-refractivity contribution in [3.05, 3.63) is 90.0 Å². The van der Waals surface area contributed by atoms with Gasteiger partial charge in [-0.2, -0.15) is 0 Å².